The monoisotopic (exact) mass is 273 g/mol. The van der Waals surface area contributed by atoms with E-state index in [0.29, 0.717) is 13.0 Å². The molecule has 6 nitrogen and oxygen atoms in total. The Balaban J connectivity index is 3.33. The van der Waals surface area contributed by atoms with Gasteiger partial charge in [-0.15, -0.1) is 0 Å². The number of nitrogens with zero attached hydrogens (tertiary/aromatic N) is 2. The molecule has 0 aliphatic rings. The van der Waals surface area contributed by atoms with E-state index in [9.17, 15) is 19.1 Å². The highest BCUT2D eigenvalue weighted by molar-refractivity contribution is 5.11. The Bertz CT molecular complexity index is 538. The molecule has 7 heteroatoms. The van der Waals surface area contributed by atoms with Crippen LogP contribution in [-0.4, -0.2) is 40.2 Å². The van der Waals surface area contributed by atoms with Gasteiger partial charge in [-0.2, -0.15) is 4.39 Å². The highest BCUT2D eigenvalue weighted by Crippen LogP contribution is 2.21. The zero-order chi connectivity index (χ0) is 14.7. The minimum atomic E-state index is -1.33. The summed E-state index contributed by atoms with van der Waals surface area (Å²) in [6.07, 6.45) is 0.580. The van der Waals surface area contributed by atoms with Gasteiger partial charge in [0.2, 0.25) is 11.7 Å². The molecule has 0 fully saturated rings. The highest BCUT2D eigenvalue weighted by Gasteiger charge is 2.22. The zero-order valence-corrected chi connectivity index (χ0v) is 11.6. The van der Waals surface area contributed by atoms with E-state index in [4.69, 9.17) is 0 Å². The van der Waals surface area contributed by atoms with Gasteiger partial charge < -0.3 is 10.0 Å². The molecule has 1 rings (SSSR count). The summed E-state index contributed by atoms with van der Waals surface area (Å²) in [7, 11) is 3.63. The molecule has 1 aromatic rings. The van der Waals surface area contributed by atoms with Crippen LogP contribution >= 0.6 is 0 Å². The molecule has 0 bridgehead atoms. The molecule has 1 atom stereocenters. The third-order valence-corrected chi connectivity index (χ3v) is 2.75. The Kier molecular flexibility index (Phi) is 4.88. The SMILES string of the molecule is CC(C)CC(CN(C)C)n1c(O)c(F)c(=O)[nH]c1=O. The van der Waals surface area contributed by atoms with Crippen molar-refractivity contribution >= 4 is 0 Å². The van der Waals surface area contributed by atoms with Crippen LogP contribution in [0.1, 0.15) is 26.3 Å². The largest absolute Gasteiger partial charge is 0.492 e. The number of nitrogens with one attached hydrogen (secondary N) is 1. The number of aromatic nitrogens is 2. The molecule has 0 saturated heterocycles. The maximum Gasteiger partial charge on any atom is 0.331 e. The fourth-order valence-electron chi connectivity index (χ4n) is 2.08. The van der Waals surface area contributed by atoms with Gasteiger partial charge in [-0.1, -0.05) is 13.8 Å². The van der Waals surface area contributed by atoms with Gasteiger partial charge in [-0.25, -0.2) is 4.79 Å². The summed E-state index contributed by atoms with van der Waals surface area (Å²) in [5, 5.41) is 9.70. The van der Waals surface area contributed by atoms with Gasteiger partial charge in [-0.3, -0.25) is 14.3 Å². The second-order valence-corrected chi connectivity index (χ2v) is 5.31. The lowest BCUT2D eigenvalue weighted by Crippen LogP contribution is -2.38. The van der Waals surface area contributed by atoms with Crippen molar-refractivity contribution in [2.75, 3.05) is 20.6 Å². The maximum absolute atomic E-state index is 13.4. The lowest BCUT2D eigenvalue weighted by atomic mass is 10.0. The van der Waals surface area contributed by atoms with E-state index in [1.54, 1.807) is 0 Å². The number of likely N-dealkylation sites (N-methyl/N-ethyl adjacent to an activating group) is 1. The molecule has 0 spiro atoms. The van der Waals surface area contributed by atoms with Crippen molar-refractivity contribution < 1.29 is 9.50 Å². The van der Waals surface area contributed by atoms with E-state index in [-0.39, 0.29) is 5.92 Å². The molecule has 1 aromatic heterocycles. The first kappa shape index (κ1) is 15.4. The molecule has 108 valence electrons. The molecule has 0 aromatic carbocycles. The van der Waals surface area contributed by atoms with E-state index in [0.717, 1.165) is 4.57 Å². The summed E-state index contributed by atoms with van der Waals surface area (Å²) in [6, 6.07) is -0.408. The van der Waals surface area contributed by atoms with Crippen LogP contribution in [0.5, 0.6) is 5.88 Å². The number of H-pyrrole nitrogens is 1. The first-order valence-corrected chi connectivity index (χ1v) is 6.12. The van der Waals surface area contributed by atoms with Gasteiger partial charge in [0.15, 0.2) is 0 Å². The third-order valence-electron chi connectivity index (χ3n) is 2.75. The molecule has 0 amide bonds. The Hall–Kier alpha value is -1.63. The van der Waals surface area contributed by atoms with E-state index >= 15 is 0 Å². The molecular formula is C12H20FN3O3. The van der Waals surface area contributed by atoms with Crippen LogP contribution in [-0.2, 0) is 0 Å². The molecule has 0 radical (unpaired) electrons. The Labute approximate surface area is 110 Å². The molecule has 2 N–H and O–H groups in total. The number of rotatable bonds is 5. The number of hydrogen-bond acceptors (Lipinski definition) is 4. The normalized spacial score (nSPS) is 13.2. The Morgan fingerprint density at radius 1 is 1.37 bits per heavy atom. The second-order valence-electron chi connectivity index (χ2n) is 5.31. The molecule has 1 heterocycles. The summed E-state index contributed by atoms with van der Waals surface area (Å²) in [5.74, 6) is -1.97. The van der Waals surface area contributed by atoms with Crippen LogP contribution in [0, 0.1) is 11.7 Å². The summed E-state index contributed by atoms with van der Waals surface area (Å²) in [4.78, 5) is 26.6. The van der Waals surface area contributed by atoms with Crippen LogP contribution in [0.25, 0.3) is 0 Å². The molecule has 1 unspecified atom stereocenters. The Morgan fingerprint density at radius 2 is 1.95 bits per heavy atom. The van der Waals surface area contributed by atoms with Gasteiger partial charge in [-0.05, 0) is 26.4 Å². The Morgan fingerprint density at radius 3 is 2.42 bits per heavy atom. The van der Waals surface area contributed by atoms with E-state index in [1.165, 1.54) is 0 Å². The number of aromatic hydroxyl groups is 1. The van der Waals surface area contributed by atoms with Crippen molar-refractivity contribution in [1.82, 2.24) is 14.5 Å². The number of halogens is 1. The van der Waals surface area contributed by atoms with Gasteiger partial charge in [0, 0.05) is 6.54 Å². The summed E-state index contributed by atoms with van der Waals surface area (Å²) in [5.41, 5.74) is -2.00. The van der Waals surface area contributed by atoms with Crippen LogP contribution in [0.3, 0.4) is 0 Å². The summed E-state index contributed by atoms with van der Waals surface area (Å²) >= 11 is 0. The molecular weight excluding hydrogens is 253 g/mol. The average Bonchev–Trinajstić information content (AvgIpc) is 2.24. The minimum absolute atomic E-state index is 0.256. The number of aromatic amines is 1. The predicted octanol–water partition coefficient (Wildman–Crippen LogP) is 0.530. The predicted molar refractivity (Wildman–Crippen MR) is 70.0 cm³/mol. The molecule has 0 aliphatic heterocycles. The van der Waals surface area contributed by atoms with E-state index < -0.39 is 29.0 Å². The van der Waals surface area contributed by atoms with Crippen LogP contribution in [0.15, 0.2) is 9.59 Å². The van der Waals surface area contributed by atoms with Crippen LogP contribution < -0.4 is 11.2 Å². The number of hydrogen-bond donors (Lipinski definition) is 2. The van der Waals surface area contributed by atoms with Crippen molar-refractivity contribution in [3.63, 3.8) is 0 Å². The lowest BCUT2D eigenvalue weighted by molar-refractivity contribution is 0.251. The third kappa shape index (κ3) is 3.66. The lowest BCUT2D eigenvalue weighted by Gasteiger charge is -2.25. The minimum Gasteiger partial charge on any atom is -0.492 e. The second kappa shape index (κ2) is 6.01. The summed E-state index contributed by atoms with van der Waals surface area (Å²) < 4.78 is 14.4. The average molecular weight is 273 g/mol. The summed E-state index contributed by atoms with van der Waals surface area (Å²) in [6.45, 7) is 4.39. The van der Waals surface area contributed by atoms with Crippen LogP contribution in [0.2, 0.25) is 0 Å². The fraction of sp³-hybridized carbons (Fsp3) is 0.667. The standard InChI is InChI=1S/C12H20FN3O3/c1-7(2)5-8(6-15(3)4)16-11(18)9(13)10(17)14-12(16)19/h7-8,18H,5-6H2,1-4H3,(H,14,17,19). The first-order valence-electron chi connectivity index (χ1n) is 6.12. The highest BCUT2D eigenvalue weighted by atomic mass is 19.1. The smallest absolute Gasteiger partial charge is 0.331 e. The first-order chi connectivity index (χ1) is 8.73. The zero-order valence-electron chi connectivity index (χ0n) is 11.6. The van der Waals surface area contributed by atoms with Gasteiger partial charge in [0.1, 0.15) is 0 Å². The van der Waals surface area contributed by atoms with Crippen molar-refractivity contribution in [1.29, 1.82) is 0 Å². The van der Waals surface area contributed by atoms with Crippen molar-refractivity contribution in [3.8, 4) is 5.88 Å². The van der Waals surface area contributed by atoms with Gasteiger partial charge >= 0.3 is 5.69 Å². The molecule has 19 heavy (non-hydrogen) atoms. The quantitative estimate of drug-likeness (QED) is 0.820. The fourth-order valence-corrected chi connectivity index (χ4v) is 2.08. The van der Waals surface area contributed by atoms with Crippen molar-refractivity contribution in [2.24, 2.45) is 5.92 Å². The van der Waals surface area contributed by atoms with E-state index in [2.05, 4.69) is 0 Å². The van der Waals surface area contributed by atoms with Gasteiger partial charge in [0.05, 0.1) is 6.04 Å². The molecule has 0 saturated carbocycles. The van der Waals surface area contributed by atoms with Crippen molar-refractivity contribution in [2.45, 2.75) is 26.3 Å². The van der Waals surface area contributed by atoms with Gasteiger partial charge in [0.25, 0.3) is 5.56 Å². The van der Waals surface area contributed by atoms with E-state index in [1.807, 2.05) is 37.8 Å². The van der Waals surface area contributed by atoms with Crippen molar-refractivity contribution in [3.05, 3.63) is 26.7 Å². The topological polar surface area (TPSA) is 78.3 Å². The van der Waals surface area contributed by atoms with Crippen LogP contribution in [0.4, 0.5) is 4.39 Å². The maximum atomic E-state index is 13.4. The molecule has 0 aliphatic carbocycles.